The third-order valence-electron chi connectivity index (χ3n) is 3.66. The second-order valence-electron chi connectivity index (χ2n) is 4.98. The van der Waals surface area contributed by atoms with E-state index in [1.54, 1.807) is 0 Å². The quantitative estimate of drug-likeness (QED) is 0.701. The number of aryl methyl sites for hydroxylation is 1. The molecule has 0 spiro atoms. The van der Waals surface area contributed by atoms with Crippen molar-refractivity contribution in [3.63, 3.8) is 0 Å². The summed E-state index contributed by atoms with van der Waals surface area (Å²) in [6, 6.07) is 13.9. The van der Waals surface area contributed by atoms with E-state index in [0.29, 0.717) is 13.0 Å². The fourth-order valence-electron chi connectivity index (χ4n) is 2.58. The van der Waals surface area contributed by atoms with Crippen molar-refractivity contribution in [3.05, 3.63) is 58.6 Å². The molecule has 0 saturated carbocycles. The molecule has 4 heteroatoms. The molecule has 21 heavy (non-hydrogen) atoms. The topological polar surface area (TPSA) is 44.9 Å². The van der Waals surface area contributed by atoms with Crippen molar-refractivity contribution in [1.82, 2.24) is 10.3 Å². The van der Waals surface area contributed by atoms with Gasteiger partial charge >= 0.3 is 0 Å². The van der Waals surface area contributed by atoms with Gasteiger partial charge in [0.1, 0.15) is 0 Å². The minimum absolute atomic E-state index is 0.533. The molecule has 1 amide bonds. The average molecular weight is 299 g/mol. The summed E-state index contributed by atoms with van der Waals surface area (Å²) in [5, 5.41) is 4.56. The van der Waals surface area contributed by atoms with Gasteiger partial charge in [-0.1, -0.05) is 35.9 Å². The molecule has 3 nitrogen and oxygen atoms in total. The third kappa shape index (κ3) is 2.52. The number of fused-ring (bicyclic) bond motifs is 1. The first-order chi connectivity index (χ1) is 10.2. The smallest absolute Gasteiger partial charge is 0.207 e. The molecule has 0 bridgehead atoms. The van der Waals surface area contributed by atoms with Crippen molar-refractivity contribution in [2.24, 2.45) is 0 Å². The monoisotopic (exact) mass is 298 g/mol. The van der Waals surface area contributed by atoms with Crippen LogP contribution in [0.15, 0.2) is 42.5 Å². The second kappa shape index (κ2) is 5.62. The maximum atomic E-state index is 10.4. The summed E-state index contributed by atoms with van der Waals surface area (Å²) >= 11 is 6.29. The molecule has 0 saturated heterocycles. The molecule has 1 aromatic heterocycles. The number of nitrogens with one attached hydrogen (secondary N) is 2. The van der Waals surface area contributed by atoms with Crippen LogP contribution in [0.2, 0.25) is 5.02 Å². The highest BCUT2D eigenvalue weighted by molar-refractivity contribution is 6.33. The molecule has 0 aliphatic carbocycles. The Hall–Kier alpha value is -2.26. The van der Waals surface area contributed by atoms with Gasteiger partial charge in [0.15, 0.2) is 0 Å². The number of carbonyl (C=O) groups is 1. The number of carbonyl (C=O) groups excluding carboxylic acids is 1. The number of halogens is 1. The van der Waals surface area contributed by atoms with Crippen LogP contribution < -0.4 is 5.32 Å². The molecule has 2 aromatic carbocycles. The third-order valence-corrected chi connectivity index (χ3v) is 3.98. The molecular weight excluding hydrogens is 284 g/mol. The van der Waals surface area contributed by atoms with Crippen LogP contribution in [0.5, 0.6) is 0 Å². The van der Waals surface area contributed by atoms with E-state index in [2.05, 4.69) is 23.3 Å². The van der Waals surface area contributed by atoms with Gasteiger partial charge in [-0.3, -0.25) is 4.79 Å². The minimum atomic E-state index is 0.533. The lowest BCUT2D eigenvalue weighted by Crippen LogP contribution is -2.09. The standard InChI is InChI=1S/C17H15ClN2O/c1-11-14-8-12(9-19-10-21)6-7-16(14)20-17(11)13-4-2-3-5-15(13)18/h2-8,10,20H,9H2,1H3,(H,19,21). The molecule has 0 fully saturated rings. The minimum Gasteiger partial charge on any atom is -0.355 e. The fourth-order valence-corrected chi connectivity index (χ4v) is 2.81. The predicted molar refractivity (Wildman–Crippen MR) is 86.4 cm³/mol. The van der Waals surface area contributed by atoms with Crippen LogP contribution in [-0.4, -0.2) is 11.4 Å². The largest absolute Gasteiger partial charge is 0.355 e. The van der Waals surface area contributed by atoms with Gasteiger partial charge in [0, 0.05) is 28.0 Å². The van der Waals surface area contributed by atoms with Crippen molar-refractivity contribution < 1.29 is 4.79 Å². The van der Waals surface area contributed by atoms with E-state index in [0.717, 1.165) is 38.3 Å². The molecule has 2 N–H and O–H groups in total. The van der Waals surface area contributed by atoms with Crippen LogP contribution in [0.4, 0.5) is 0 Å². The Morgan fingerprint density at radius 3 is 2.81 bits per heavy atom. The Balaban J connectivity index is 2.12. The van der Waals surface area contributed by atoms with E-state index in [1.165, 1.54) is 0 Å². The van der Waals surface area contributed by atoms with Crippen molar-refractivity contribution in [3.8, 4) is 11.3 Å². The van der Waals surface area contributed by atoms with Crippen LogP contribution in [0, 0.1) is 6.92 Å². The summed E-state index contributed by atoms with van der Waals surface area (Å²) < 4.78 is 0. The van der Waals surface area contributed by atoms with E-state index in [9.17, 15) is 4.79 Å². The van der Waals surface area contributed by atoms with Crippen LogP contribution >= 0.6 is 11.6 Å². The van der Waals surface area contributed by atoms with Crippen LogP contribution in [0.1, 0.15) is 11.1 Å². The number of rotatable bonds is 4. The van der Waals surface area contributed by atoms with E-state index in [-0.39, 0.29) is 0 Å². The molecule has 0 radical (unpaired) electrons. The predicted octanol–water partition coefficient (Wildman–Crippen LogP) is 4.04. The molecule has 0 aliphatic heterocycles. The zero-order valence-electron chi connectivity index (χ0n) is 11.6. The lowest BCUT2D eigenvalue weighted by atomic mass is 10.1. The van der Waals surface area contributed by atoms with Crippen LogP contribution in [0.25, 0.3) is 22.2 Å². The maximum Gasteiger partial charge on any atom is 0.207 e. The molecule has 1 heterocycles. The number of H-pyrrole nitrogens is 1. The SMILES string of the molecule is Cc1c(-c2ccccc2Cl)[nH]c2ccc(CNC=O)cc12. The number of hydrogen-bond acceptors (Lipinski definition) is 1. The molecule has 0 aliphatic rings. The van der Waals surface area contributed by atoms with E-state index >= 15 is 0 Å². The zero-order valence-corrected chi connectivity index (χ0v) is 12.4. The number of benzene rings is 2. The highest BCUT2D eigenvalue weighted by Crippen LogP contribution is 2.33. The Labute approximate surface area is 127 Å². The van der Waals surface area contributed by atoms with Gasteiger partial charge in [-0.25, -0.2) is 0 Å². The molecule has 3 aromatic rings. The van der Waals surface area contributed by atoms with E-state index < -0.39 is 0 Å². The molecule has 106 valence electrons. The summed E-state index contributed by atoms with van der Waals surface area (Å²) in [6.07, 6.45) is 0.712. The van der Waals surface area contributed by atoms with Crippen molar-refractivity contribution in [1.29, 1.82) is 0 Å². The Morgan fingerprint density at radius 2 is 2.05 bits per heavy atom. The highest BCUT2D eigenvalue weighted by atomic mass is 35.5. The summed E-state index contributed by atoms with van der Waals surface area (Å²) in [6.45, 7) is 2.61. The summed E-state index contributed by atoms with van der Waals surface area (Å²) in [5.41, 5.74) is 5.34. The Morgan fingerprint density at radius 1 is 1.24 bits per heavy atom. The van der Waals surface area contributed by atoms with Gasteiger partial charge in [0.25, 0.3) is 0 Å². The van der Waals surface area contributed by atoms with Gasteiger partial charge in [0.05, 0.1) is 5.69 Å². The summed E-state index contributed by atoms with van der Waals surface area (Å²) in [5.74, 6) is 0. The normalized spacial score (nSPS) is 10.8. The Kier molecular flexibility index (Phi) is 3.67. The van der Waals surface area contributed by atoms with E-state index in [4.69, 9.17) is 11.6 Å². The van der Waals surface area contributed by atoms with Gasteiger partial charge in [-0.15, -0.1) is 0 Å². The van der Waals surface area contributed by atoms with Gasteiger partial charge in [-0.05, 0) is 36.2 Å². The van der Waals surface area contributed by atoms with Crippen LogP contribution in [0.3, 0.4) is 0 Å². The van der Waals surface area contributed by atoms with Gasteiger partial charge < -0.3 is 10.3 Å². The van der Waals surface area contributed by atoms with E-state index in [1.807, 2.05) is 36.4 Å². The number of amides is 1. The highest BCUT2D eigenvalue weighted by Gasteiger charge is 2.12. The Bertz CT molecular complexity index is 808. The lowest BCUT2D eigenvalue weighted by molar-refractivity contribution is -0.109. The number of hydrogen-bond donors (Lipinski definition) is 2. The molecular formula is C17H15ClN2O. The van der Waals surface area contributed by atoms with Crippen molar-refractivity contribution in [2.45, 2.75) is 13.5 Å². The van der Waals surface area contributed by atoms with Crippen molar-refractivity contribution >= 4 is 28.9 Å². The summed E-state index contributed by atoms with van der Waals surface area (Å²) in [4.78, 5) is 13.8. The maximum absolute atomic E-state index is 10.4. The van der Waals surface area contributed by atoms with Gasteiger partial charge in [0.2, 0.25) is 6.41 Å². The van der Waals surface area contributed by atoms with Gasteiger partial charge in [-0.2, -0.15) is 0 Å². The fraction of sp³-hybridized carbons (Fsp3) is 0.118. The zero-order chi connectivity index (χ0) is 14.8. The number of aromatic amines is 1. The lowest BCUT2D eigenvalue weighted by Gasteiger charge is -2.03. The van der Waals surface area contributed by atoms with Crippen molar-refractivity contribution in [2.75, 3.05) is 0 Å². The first-order valence-electron chi connectivity index (χ1n) is 6.74. The average Bonchev–Trinajstić information content (AvgIpc) is 2.82. The second-order valence-corrected chi connectivity index (χ2v) is 5.39. The summed E-state index contributed by atoms with van der Waals surface area (Å²) in [7, 11) is 0. The van der Waals surface area contributed by atoms with Crippen LogP contribution in [-0.2, 0) is 11.3 Å². The first kappa shape index (κ1) is 13.7. The molecule has 0 atom stereocenters. The first-order valence-corrected chi connectivity index (χ1v) is 7.11. The number of aromatic nitrogens is 1. The molecule has 0 unspecified atom stereocenters. The molecule has 3 rings (SSSR count).